The van der Waals surface area contributed by atoms with Crippen molar-refractivity contribution in [2.24, 2.45) is 4.99 Å². The number of para-hydroxylation sites is 2. The number of aromatic amines is 1. The Labute approximate surface area is 137 Å². The van der Waals surface area contributed by atoms with Crippen molar-refractivity contribution in [3.8, 4) is 0 Å². The summed E-state index contributed by atoms with van der Waals surface area (Å²) in [5, 5.41) is 2.99. The van der Waals surface area contributed by atoms with Crippen LogP contribution in [0.1, 0.15) is 10.5 Å². The zero-order valence-electron chi connectivity index (χ0n) is 12.8. The molecule has 24 heavy (non-hydrogen) atoms. The number of carbonyl (C=O) groups is 1. The topological polar surface area (TPSA) is 58.1 Å². The number of benzene rings is 2. The van der Waals surface area contributed by atoms with Crippen LogP contribution in [0, 0.1) is 0 Å². The normalized spacial score (nSPS) is 13.2. The monoisotopic (exact) mass is 311 g/mol. The summed E-state index contributed by atoms with van der Waals surface area (Å²) in [5.41, 5.74) is 3.81. The SMILES string of the molecule is O=C(C1=c2c([nH]c3ccccc23)=NC1)c1ccc2ccccc2n1. The summed E-state index contributed by atoms with van der Waals surface area (Å²) in [4.78, 5) is 25.3. The summed E-state index contributed by atoms with van der Waals surface area (Å²) < 4.78 is 0. The molecule has 0 bridgehead atoms. The lowest BCUT2D eigenvalue weighted by Crippen LogP contribution is -2.23. The minimum absolute atomic E-state index is 0.0481. The number of Topliss-reactive ketones (excluding diaryl/α,β-unsaturated/α-hetero) is 1. The number of hydrogen-bond acceptors (Lipinski definition) is 3. The minimum atomic E-state index is -0.0481. The van der Waals surface area contributed by atoms with E-state index in [2.05, 4.69) is 15.0 Å². The summed E-state index contributed by atoms with van der Waals surface area (Å²) in [6, 6.07) is 19.5. The maximum absolute atomic E-state index is 13.0. The van der Waals surface area contributed by atoms with Gasteiger partial charge >= 0.3 is 0 Å². The van der Waals surface area contributed by atoms with Crippen molar-refractivity contribution in [2.75, 3.05) is 6.54 Å². The maximum Gasteiger partial charge on any atom is 0.209 e. The van der Waals surface area contributed by atoms with E-state index >= 15 is 0 Å². The van der Waals surface area contributed by atoms with Crippen LogP contribution >= 0.6 is 0 Å². The third kappa shape index (κ3) is 1.83. The van der Waals surface area contributed by atoms with Gasteiger partial charge in [-0.2, -0.15) is 0 Å². The highest BCUT2D eigenvalue weighted by atomic mass is 16.1. The second kappa shape index (κ2) is 4.86. The molecular formula is C20H13N3O. The quantitative estimate of drug-likeness (QED) is 0.578. The first-order chi connectivity index (χ1) is 11.8. The van der Waals surface area contributed by atoms with Crippen molar-refractivity contribution < 1.29 is 4.79 Å². The molecule has 1 aliphatic heterocycles. The van der Waals surface area contributed by atoms with Crippen LogP contribution in [0.2, 0.25) is 0 Å². The highest BCUT2D eigenvalue weighted by Crippen LogP contribution is 2.16. The van der Waals surface area contributed by atoms with Crippen molar-refractivity contribution in [3.63, 3.8) is 0 Å². The zero-order chi connectivity index (χ0) is 16.1. The Morgan fingerprint density at radius 3 is 2.75 bits per heavy atom. The Kier molecular flexibility index (Phi) is 2.67. The number of ketones is 1. The van der Waals surface area contributed by atoms with E-state index in [1.807, 2.05) is 54.6 Å². The van der Waals surface area contributed by atoms with Gasteiger partial charge in [-0.25, -0.2) is 4.98 Å². The van der Waals surface area contributed by atoms with Crippen molar-refractivity contribution in [3.05, 3.63) is 77.1 Å². The highest BCUT2D eigenvalue weighted by molar-refractivity contribution is 6.25. The van der Waals surface area contributed by atoms with E-state index in [0.717, 1.165) is 32.5 Å². The van der Waals surface area contributed by atoms with Crippen LogP contribution in [-0.4, -0.2) is 22.3 Å². The first kappa shape index (κ1) is 13.2. The van der Waals surface area contributed by atoms with Gasteiger partial charge in [-0.05, 0) is 18.2 Å². The highest BCUT2D eigenvalue weighted by Gasteiger charge is 2.20. The van der Waals surface area contributed by atoms with Crippen molar-refractivity contribution in [1.82, 2.24) is 9.97 Å². The molecular weight excluding hydrogens is 298 g/mol. The van der Waals surface area contributed by atoms with Crippen LogP contribution in [0.4, 0.5) is 0 Å². The van der Waals surface area contributed by atoms with Gasteiger partial charge in [0.2, 0.25) is 5.78 Å². The molecule has 0 radical (unpaired) electrons. The van der Waals surface area contributed by atoms with Gasteiger partial charge < -0.3 is 4.98 Å². The maximum atomic E-state index is 13.0. The molecule has 0 atom stereocenters. The van der Waals surface area contributed by atoms with Crippen molar-refractivity contribution in [1.29, 1.82) is 0 Å². The molecule has 114 valence electrons. The number of hydrogen-bond donors (Lipinski definition) is 1. The summed E-state index contributed by atoms with van der Waals surface area (Å²) >= 11 is 0. The first-order valence-electron chi connectivity index (χ1n) is 7.86. The van der Waals surface area contributed by atoms with Gasteiger partial charge in [0, 0.05) is 27.1 Å². The summed E-state index contributed by atoms with van der Waals surface area (Å²) in [5.74, 6) is -0.0481. The first-order valence-corrected chi connectivity index (χ1v) is 7.86. The molecule has 1 N–H and O–H groups in total. The molecule has 4 heteroatoms. The molecule has 0 saturated carbocycles. The van der Waals surface area contributed by atoms with Crippen LogP contribution < -0.4 is 10.7 Å². The summed E-state index contributed by atoms with van der Waals surface area (Å²) in [7, 11) is 0. The second-order valence-corrected chi connectivity index (χ2v) is 5.91. The molecule has 0 amide bonds. The molecule has 1 aliphatic rings. The molecule has 0 saturated heterocycles. The summed E-state index contributed by atoms with van der Waals surface area (Å²) in [6.45, 7) is 0.402. The third-order valence-electron chi connectivity index (χ3n) is 4.49. The number of rotatable bonds is 2. The van der Waals surface area contributed by atoms with Crippen molar-refractivity contribution >= 4 is 33.2 Å². The molecule has 0 aliphatic carbocycles. The number of nitrogens with zero attached hydrogens (tertiary/aromatic N) is 2. The van der Waals surface area contributed by atoms with E-state index in [4.69, 9.17) is 0 Å². The Bertz CT molecular complexity index is 1250. The fraction of sp³-hybridized carbons (Fsp3) is 0.0500. The van der Waals surface area contributed by atoms with Gasteiger partial charge in [0.05, 0.1) is 12.1 Å². The lowest BCUT2D eigenvalue weighted by Gasteiger charge is -2.03. The van der Waals surface area contributed by atoms with Crippen molar-refractivity contribution in [2.45, 2.75) is 0 Å². The number of H-pyrrole nitrogens is 1. The summed E-state index contributed by atoms with van der Waals surface area (Å²) in [6.07, 6.45) is 0. The van der Waals surface area contributed by atoms with Gasteiger partial charge in [0.25, 0.3) is 0 Å². The predicted octanol–water partition coefficient (Wildman–Crippen LogP) is 2.38. The Balaban J connectivity index is 1.74. The van der Waals surface area contributed by atoms with Crippen LogP contribution in [0.25, 0.3) is 27.4 Å². The molecule has 4 aromatic rings. The Morgan fingerprint density at radius 1 is 0.958 bits per heavy atom. The molecule has 0 fully saturated rings. The van der Waals surface area contributed by atoms with E-state index in [0.29, 0.717) is 17.8 Å². The smallest absolute Gasteiger partial charge is 0.209 e. The molecule has 4 nitrogen and oxygen atoms in total. The van der Waals surface area contributed by atoms with Crippen LogP contribution in [0.5, 0.6) is 0 Å². The molecule has 2 aromatic carbocycles. The average Bonchev–Trinajstić information content (AvgIpc) is 3.20. The minimum Gasteiger partial charge on any atom is -0.339 e. The molecule has 0 spiro atoms. The fourth-order valence-corrected chi connectivity index (χ4v) is 3.32. The lowest BCUT2D eigenvalue weighted by molar-refractivity contribution is 0.105. The standard InChI is InChI=1S/C20H13N3O/c24-19(17-10-9-12-5-1-3-7-15(12)22-17)14-11-21-20-18(14)13-6-2-4-8-16(13)23-20/h1-10H,11H2,(H,21,23). The Morgan fingerprint density at radius 2 is 1.79 bits per heavy atom. The van der Waals surface area contributed by atoms with E-state index in [9.17, 15) is 4.79 Å². The van der Waals surface area contributed by atoms with Gasteiger partial charge in [-0.3, -0.25) is 9.79 Å². The van der Waals surface area contributed by atoms with Gasteiger partial charge in [-0.15, -0.1) is 0 Å². The zero-order valence-corrected chi connectivity index (χ0v) is 12.8. The van der Waals surface area contributed by atoms with Crippen LogP contribution in [-0.2, 0) is 0 Å². The van der Waals surface area contributed by atoms with Gasteiger partial charge in [0.1, 0.15) is 11.2 Å². The molecule has 0 unspecified atom stereocenters. The number of nitrogens with one attached hydrogen (secondary N) is 1. The van der Waals surface area contributed by atoms with E-state index in [-0.39, 0.29) is 5.78 Å². The van der Waals surface area contributed by atoms with Gasteiger partial charge in [0.15, 0.2) is 0 Å². The average molecular weight is 311 g/mol. The molecule has 2 aromatic heterocycles. The molecule has 3 heterocycles. The largest absolute Gasteiger partial charge is 0.339 e. The Hall–Kier alpha value is -3.27. The predicted molar refractivity (Wildman–Crippen MR) is 93.4 cm³/mol. The number of carbonyl (C=O) groups excluding carboxylic acids is 1. The fourth-order valence-electron chi connectivity index (χ4n) is 3.32. The number of aromatic nitrogens is 2. The number of fused-ring (bicyclic) bond motifs is 4. The third-order valence-corrected chi connectivity index (χ3v) is 4.49. The van der Waals surface area contributed by atoms with E-state index in [1.54, 1.807) is 6.07 Å². The van der Waals surface area contributed by atoms with E-state index in [1.165, 1.54) is 0 Å². The second-order valence-electron chi connectivity index (χ2n) is 5.91. The lowest BCUT2D eigenvalue weighted by atomic mass is 10.0. The van der Waals surface area contributed by atoms with Crippen LogP contribution in [0.15, 0.2) is 65.7 Å². The van der Waals surface area contributed by atoms with Crippen LogP contribution in [0.3, 0.4) is 0 Å². The van der Waals surface area contributed by atoms with E-state index < -0.39 is 0 Å². The van der Waals surface area contributed by atoms with Gasteiger partial charge in [-0.1, -0.05) is 42.5 Å². The number of pyridine rings is 1. The molecule has 5 rings (SSSR count).